The first-order chi connectivity index (χ1) is 9.04. The molecule has 0 aliphatic rings. The SMILES string of the molecule is CC(C)n1c(S[C@H](C)C#N)nc2ccccc2c1=O. The van der Waals surface area contributed by atoms with Crippen molar-refractivity contribution >= 4 is 22.7 Å². The highest BCUT2D eigenvalue weighted by Crippen LogP contribution is 2.24. The van der Waals surface area contributed by atoms with Crippen LogP contribution < -0.4 is 5.56 Å². The lowest BCUT2D eigenvalue weighted by Crippen LogP contribution is -2.25. The fourth-order valence-corrected chi connectivity index (χ4v) is 2.78. The molecule has 0 saturated heterocycles. The van der Waals surface area contributed by atoms with Crippen LogP contribution in [0.1, 0.15) is 26.8 Å². The van der Waals surface area contributed by atoms with Crippen LogP contribution in [0.2, 0.25) is 0 Å². The fraction of sp³-hybridized carbons (Fsp3) is 0.357. The average Bonchev–Trinajstić information content (AvgIpc) is 2.38. The van der Waals surface area contributed by atoms with Crippen molar-refractivity contribution in [3.05, 3.63) is 34.6 Å². The van der Waals surface area contributed by atoms with Gasteiger partial charge in [0.1, 0.15) is 0 Å². The van der Waals surface area contributed by atoms with Crippen LogP contribution in [-0.4, -0.2) is 14.8 Å². The molecule has 0 spiro atoms. The zero-order valence-corrected chi connectivity index (χ0v) is 11.9. The van der Waals surface area contributed by atoms with Crippen LogP contribution in [-0.2, 0) is 0 Å². The summed E-state index contributed by atoms with van der Waals surface area (Å²) in [6.45, 7) is 5.69. The summed E-state index contributed by atoms with van der Waals surface area (Å²) in [5.74, 6) is 0. The third kappa shape index (κ3) is 2.64. The van der Waals surface area contributed by atoms with Gasteiger partial charge >= 0.3 is 0 Å². The summed E-state index contributed by atoms with van der Waals surface area (Å²) in [5.41, 5.74) is 0.630. The number of nitriles is 1. The monoisotopic (exact) mass is 273 g/mol. The second kappa shape index (κ2) is 5.45. The summed E-state index contributed by atoms with van der Waals surface area (Å²) in [6, 6.07) is 9.46. The van der Waals surface area contributed by atoms with Crippen molar-refractivity contribution in [1.29, 1.82) is 5.26 Å². The molecule has 2 rings (SSSR count). The Labute approximate surface area is 116 Å². The molecule has 0 amide bonds. The van der Waals surface area contributed by atoms with E-state index in [0.29, 0.717) is 16.1 Å². The van der Waals surface area contributed by atoms with Crippen molar-refractivity contribution < 1.29 is 0 Å². The van der Waals surface area contributed by atoms with E-state index in [1.807, 2.05) is 32.0 Å². The van der Waals surface area contributed by atoms with E-state index in [2.05, 4.69) is 11.1 Å². The molecule has 1 heterocycles. The predicted octanol–water partition coefficient (Wildman–Crippen LogP) is 2.98. The Balaban J connectivity index is 2.71. The van der Waals surface area contributed by atoms with Crippen molar-refractivity contribution in [1.82, 2.24) is 9.55 Å². The summed E-state index contributed by atoms with van der Waals surface area (Å²) in [7, 11) is 0. The Morgan fingerprint density at radius 1 is 1.32 bits per heavy atom. The predicted molar refractivity (Wildman–Crippen MR) is 77.3 cm³/mol. The van der Waals surface area contributed by atoms with E-state index in [0.717, 1.165) is 0 Å². The minimum absolute atomic E-state index is 0.0120. The Morgan fingerprint density at radius 2 is 2.00 bits per heavy atom. The molecule has 1 aromatic heterocycles. The third-order valence-electron chi connectivity index (χ3n) is 2.76. The number of hydrogen-bond acceptors (Lipinski definition) is 4. The molecule has 0 N–H and O–H groups in total. The lowest BCUT2D eigenvalue weighted by atomic mass is 10.2. The lowest BCUT2D eigenvalue weighted by Gasteiger charge is -2.16. The van der Waals surface area contributed by atoms with Crippen molar-refractivity contribution in [2.45, 2.75) is 37.2 Å². The van der Waals surface area contributed by atoms with Crippen LogP contribution in [0.3, 0.4) is 0 Å². The molecule has 5 heteroatoms. The van der Waals surface area contributed by atoms with Crippen molar-refractivity contribution in [3.8, 4) is 6.07 Å². The van der Waals surface area contributed by atoms with Gasteiger partial charge in [-0.15, -0.1) is 0 Å². The molecule has 0 aliphatic carbocycles. The highest BCUT2D eigenvalue weighted by atomic mass is 32.2. The largest absolute Gasteiger partial charge is 0.284 e. The van der Waals surface area contributed by atoms with Gasteiger partial charge in [-0.1, -0.05) is 23.9 Å². The Morgan fingerprint density at radius 3 is 2.63 bits per heavy atom. The third-order valence-corrected chi connectivity index (χ3v) is 3.71. The Kier molecular flexibility index (Phi) is 3.91. The molecule has 1 atom stereocenters. The fourth-order valence-electron chi connectivity index (χ4n) is 1.85. The highest BCUT2D eigenvalue weighted by molar-refractivity contribution is 8.00. The van der Waals surface area contributed by atoms with Gasteiger partial charge in [-0.05, 0) is 32.9 Å². The number of hydrogen-bond donors (Lipinski definition) is 0. The van der Waals surface area contributed by atoms with Crippen LogP contribution in [0.15, 0.2) is 34.2 Å². The molecule has 4 nitrogen and oxygen atoms in total. The summed E-state index contributed by atoms with van der Waals surface area (Å²) in [4.78, 5) is 17.0. The van der Waals surface area contributed by atoms with Gasteiger partial charge in [-0.2, -0.15) is 5.26 Å². The van der Waals surface area contributed by atoms with Crippen molar-refractivity contribution in [2.24, 2.45) is 0 Å². The first-order valence-electron chi connectivity index (χ1n) is 6.12. The van der Waals surface area contributed by atoms with Crippen LogP contribution in [0, 0.1) is 11.3 Å². The van der Waals surface area contributed by atoms with Gasteiger partial charge in [0.15, 0.2) is 5.16 Å². The van der Waals surface area contributed by atoms with Crippen molar-refractivity contribution in [3.63, 3.8) is 0 Å². The van der Waals surface area contributed by atoms with Crippen LogP contribution in [0.4, 0.5) is 0 Å². The second-order valence-electron chi connectivity index (χ2n) is 4.57. The average molecular weight is 273 g/mol. The van der Waals surface area contributed by atoms with Gasteiger partial charge < -0.3 is 0 Å². The van der Waals surface area contributed by atoms with Gasteiger partial charge in [0.05, 0.1) is 22.2 Å². The minimum Gasteiger partial charge on any atom is -0.284 e. The van der Waals surface area contributed by atoms with E-state index >= 15 is 0 Å². The van der Waals surface area contributed by atoms with Gasteiger partial charge in [0, 0.05) is 6.04 Å². The van der Waals surface area contributed by atoms with E-state index in [-0.39, 0.29) is 16.9 Å². The number of nitrogens with zero attached hydrogens (tertiary/aromatic N) is 3. The molecule has 0 aliphatic heterocycles. The molecule has 19 heavy (non-hydrogen) atoms. The molecular weight excluding hydrogens is 258 g/mol. The van der Waals surface area contributed by atoms with E-state index in [1.165, 1.54) is 11.8 Å². The summed E-state index contributed by atoms with van der Waals surface area (Å²) in [6.07, 6.45) is 0. The second-order valence-corrected chi connectivity index (χ2v) is 5.88. The molecule has 2 aromatic rings. The molecule has 0 saturated carbocycles. The number of thioether (sulfide) groups is 1. The molecule has 0 radical (unpaired) electrons. The molecule has 0 bridgehead atoms. The van der Waals surface area contributed by atoms with Gasteiger partial charge in [0.25, 0.3) is 5.56 Å². The molecule has 0 fully saturated rings. The maximum Gasteiger partial charge on any atom is 0.262 e. The number of benzene rings is 1. The van der Waals surface area contributed by atoms with Crippen LogP contribution >= 0.6 is 11.8 Å². The van der Waals surface area contributed by atoms with E-state index in [9.17, 15) is 4.79 Å². The summed E-state index contributed by atoms with van der Waals surface area (Å²) < 4.78 is 1.65. The molecule has 98 valence electrons. The first-order valence-corrected chi connectivity index (χ1v) is 7.00. The zero-order chi connectivity index (χ0) is 14.0. The topological polar surface area (TPSA) is 58.7 Å². The van der Waals surface area contributed by atoms with Crippen LogP contribution in [0.5, 0.6) is 0 Å². The van der Waals surface area contributed by atoms with E-state index in [4.69, 9.17) is 5.26 Å². The Hall–Kier alpha value is -1.80. The number of rotatable bonds is 3. The van der Waals surface area contributed by atoms with E-state index in [1.54, 1.807) is 17.6 Å². The lowest BCUT2D eigenvalue weighted by molar-refractivity contribution is 0.519. The quantitative estimate of drug-likeness (QED) is 0.637. The molecule has 1 aromatic carbocycles. The number of fused-ring (bicyclic) bond motifs is 1. The smallest absolute Gasteiger partial charge is 0.262 e. The highest BCUT2D eigenvalue weighted by Gasteiger charge is 2.15. The van der Waals surface area contributed by atoms with Crippen LogP contribution in [0.25, 0.3) is 10.9 Å². The van der Waals surface area contributed by atoms with Gasteiger partial charge in [0.2, 0.25) is 0 Å². The maximum absolute atomic E-state index is 12.5. The minimum atomic E-state index is -0.238. The van der Waals surface area contributed by atoms with Gasteiger partial charge in [-0.25, -0.2) is 4.98 Å². The number of aromatic nitrogens is 2. The summed E-state index contributed by atoms with van der Waals surface area (Å²) in [5, 5.41) is 9.90. The normalized spacial score (nSPS) is 12.6. The first kappa shape index (κ1) is 13.6. The molecule has 0 unspecified atom stereocenters. The Bertz CT molecular complexity index is 700. The molecular formula is C14H15N3OS. The zero-order valence-electron chi connectivity index (χ0n) is 11.1. The summed E-state index contributed by atoms with van der Waals surface area (Å²) >= 11 is 1.32. The van der Waals surface area contributed by atoms with E-state index < -0.39 is 0 Å². The maximum atomic E-state index is 12.5. The van der Waals surface area contributed by atoms with Crippen molar-refractivity contribution in [2.75, 3.05) is 0 Å². The van der Waals surface area contributed by atoms with Gasteiger partial charge in [-0.3, -0.25) is 9.36 Å². The standard InChI is InChI=1S/C14H15N3OS/c1-9(2)17-13(18)11-6-4-5-7-12(11)16-14(17)19-10(3)8-15/h4-7,9-10H,1-3H3/t10-/m1/s1. The number of para-hydroxylation sites is 1.